The lowest BCUT2D eigenvalue weighted by molar-refractivity contribution is 0.445. The van der Waals surface area contributed by atoms with Crippen molar-refractivity contribution in [3.63, 3.8) is 0 Å². The van der Waals surface area contributed by atoms with Crippen LogP contribution in [0.15, 0.2) is 0 Å². The Morgan fingerprint density at radius 3 is 2.27 bits per heavy atom. The molecule has 0 heterocycles. The fraction of sp³-hybridized carbons (Fsp3) is 1.00. The van der Waals surface area contributed by atoms with Crippen LogP contribution < -0.4 is 5.32 Å². The van der Waals surface area contributed by atoms with Gasteiger partial charge >= 0.3 is 0 Å². The third kappa shape index (κ3) is 10.2. The van der Waals surface area contributed by atoms with Gasteiger partial charge in [-0.25, -0.2) is 8.42 Å². The molecule has 0 aromatic rings. The maximum absolute atomic E-state index is 10.9. The minimum absolute atomic E-state index is 0.331. The Kier molecular flexibility index (Phi) is 8.06. The molecule has 92 valence electrons. The number of nitrogens with one attached hydrogen (secondary N) is 1. The highest BCUT2D eigenvalue weighted by Crippen LogP contribution is 2.07. The summed E-state index contributed by atoms with van der Waals surface area (Å²) in [5.41, 5.74) is 0. The monoisotopic (exact) mass is 235 g/mol. The van der Waals surface area contributed by atoms with Gasteiger partial charge in [-0.3, -0.25) is 0 Å². The molecule has 0 bridgehead atoms. The standard InChI is InChI=1S/C11H25NO2S/c1-4-8-11(12-5-2)9-6-7-10-15(3,13)14/h11-12H,4-10H2,1-3H3. The fourth-order valence-electron chi connectivity index (χ4n) is 1.74. The van der Waals surface area contributed by atoms with Crippen molar-refractivity contribution in [1.82, 2.24) is 5.32 Å². The van der Waals surface area contributed by atoms with Crippen molar-refractivity contribution in [2.45, 2.75) is 52.0 Å². The Balaban J connectivity index is 3.61. The summed E-state index contributed by atoms with van der Waals surface area (Å²) in [6, 6.07) is 0.569. The third-order valence-corrected chi connectivity index (χ3v) is 3.48. The molecule has 0 amide bonds. The van der Waals surface area contributed by atoms with Crippen molar-refractivity contribution < 1.29 is 8.42 Å². The number of hydrogen-bond donors (Lipinski definition) is 1. The quantitative estimate of drug-likeness (QED) is 0.622. The molecule has 1 N–H and O–H groups in total. The van der Waals surface area contributed by atoms with E-state index in [2.05, 4.69) is 19.2 Å². The first kappa shape index (κ1) is 14.9. The van der Waals surface area contributed by atoms with Gasteiger partial charge in [0, 0.05) is 18.1 Å². The van der Waals surface area contributed by atoms with Crippen LogP contribution in [0, 0.1) is 0 Å². The van der Waals surface area contributed by atoms with Gasteiger partial charge in [-0.15, -0.1) is 0 Å². The Morgan fingerprint density at radius 1 is 1.13 bits per heavy atom. The molecule has 0 saturated heterocycles. The summed E-state index contributed by atoms with van der Waals surface area (Å²) in [7, 11) is -2.77. The van der Waals surface area contributed by atoms with Gasteiger partial charge in [0.25, 0.3) is 0 Å². The second-order valence-electron chi connectivity index (χ2n) is 4.17. The smallest absolute Gasteiger partial charge is 0.147 e. The van der Waals surface area contributed by atoms with Gasteiger partial charge in [0.2, 0.25) is 0 Å². The molecule has 1 unspecified atom stereocenters. The third-order valence-electron chi connectivity index (χ3n) is 2.45. The lowest BCUT2D eigenvalue weighted by atomic mass is 10.1. The summed E-state index contributed by atoms with van der Waals surface area (Å²) in [5, 5.41) is 3.43. The molecule has 0 saturated carbocycles. The predicted octanol–water partition coefficient (Wildman–Crippen LogP) is 1.98. The summed E-state index contributed by atoms with van der Waals surface area (Å²) in [4.78, 5) is 0. The molecule has 0 aliphatic heterocycles. The molecule has 0 rings (SSSR count). The molecule has 0 aliphatic rings. The molecule has 1 atom stereocenters. The van der Waals surface area contributed by atoms with Crippen LogP contribution in [-0.4, -0.2) is 33.0 Å². The van der Waals surface area contributed by atoms with E-state index in [1.807, 2.05) is 0 Å². The van der Waals surface area contributed by atoms with Crippen molar-refractivity contribution >= 4 is 9.84 Å². The molecule has 0 radical (unpaired) electrons. The summed E-state index contributed by atoms with van der Waals surface area (Å²) in [5.74, 6) is 0.331. The highest BCUT2D eigenvalue weighted by Gasteiger charge is 2.07. The first-order valence-electron chi connectivity index (χ1n) is 5.90. The minimum Gasteiger partial charge on any atom is -0.314 e. The summed E-state index contributed by atoms with van der Waals surface area (Å²) < 4.78 is 21.8. The highest BCUT2D eigenvalue weighted by atomic mass is 32.2. The van der Waals surface area contributed by atoms with Gasteiger partial charge in [-0.1, -0.05) is 26.7 Å². The van der Waals surface area contributed by atoms with Crippen molar-refractivity contribution in [1.29, 1.82) is 0 Å². The lowest BCUT2D eigenvalue weighted by Crippen LogP contribution is -2.28. The van der Waals surface area contributed by atoms with E-state index in [9.17, 15) is 8.42 Å². The number of hydrogen-bond acceptors (Lipinski definition) is 3. The molecular weight excluding hydrogens is 210 g/mol. The van der Waals surface area contributed by atoms with Gasteiger partial charge in [0.05, 0.1) is 0 Å². The molecule has 0 spiro atoms. The van der Waals surface area contributed by atoms with Gasteiger partial charge in [-0.2, -0.15) is 0 Å². The van der Waals surface area contributed by atoms with Crippen molar-refractivity contribution in [3.05, 3.63) is 0 Å². The Morgan fingerprint density at radius 2 is 1.80 bits per heavy atom. The number of rotatable bonds is 9. The van der Waals surface area contributed by atoms with Crippen molar-refractivity contribution in [2.24, 2.45) is 0 Å². The van der Waals surface area contributed by atoms with Crippen LogP contribution in [0.1, 0.15) is 46.0 Å². The first-order valence-corrected chi connectivity index (χ1v) is 7.96. The van der Waals surface area contributed by atoms with E-state index in [1.165, 1.54) is 19.1 Å². The van der Waals surface area contributed by atoms with E-state index in [4.69, 9.17) is 0 Å². The molecule has 15 heavy (non-hydrogen) atoms. The fourth-order valence-corrected chi connectivity index (χ4v) is 2.47. The van der Waals surface area contributed by atoms with Crippen LogP contribution >= 0.6 is 0 Å². The van der Waals surface area contributed by atoms with Gasteiger partial charge in [-0.05, 0) is 25.8 Å². The van der Waals surface area contributed by atoms with Gasteiger partial charge in [0.1, 0.15) is 9.84 Å². The molecule has 4 heteroatoms. The predicted molar refractivity (Wildman–Crippen MR) is 65.9 cm³/mol. The van der Waals surface area contributed by atoms with Crippen molar-refractivity contribution in [2.75, 3.05) is 18.6 Å². The average Bonchev–Trinajstić information content (AvgIpc) is 2.11. The SMILES string of the molecule is CCCC(CCCCS(C)(=O)=O)NCC. The molecular formula is C11H25NO2S. The number of unbranched alkanes of at least 4 members (excludes halogenated alkanes) is 1. The van der Waals surface area contributed by atoms with Crippen molar-refractivity contribution in [3.8, 4) is 0 Å². The van der Waals surface area contributed by atoms with Crippen LogP contribution in [0.25, 0.3) is 0 Å². The van der Waals surface area contributed by atoms with Gasteiger partial charge < -0.3 is 5.32 Å². The van der Waals surface area contributed by atoms with Crippen LogP contribution in [0.2, 0.25) is 0 Å². The zero-order chi connectivity index (χ0) is 11.7. The van der Waals surface area contributed by atoms with E-state index in [0.29, 0.717) is 11.8 Å². The Bertz CT molecular complexity index is 231. The van der Waals surface area contributed by atoms with Crippen LogP contribution in [0.5, 0.6) is 0 Å². The Hall–Kier alpha value is -0.0900. The zero-order valence-electron chi connectivity index (χ0n) is 10.3. The van der Waals surface area contributed by atoms with E-state index >= 15 is 0 Å². The van der Waals surface area contributed by atoms with E-state index in [1.54, 1.807) is 0 Å². The zero-order valence-corrected chi connectivity index (χ0v) is 11.1. The van der Waals surface area contributed by atoms with Crippen LogP contribution in [0.4, 0.5) is 0 Å². The van der Waals surface area contributed by atoms with E-state index in [0.717, 1.165) is 25.8 Å². The average molecular weight is 235 g/mol. The highest BCUT2D eigenvalue weighted by molar-refractivity contribution is 7.90. The summed E-state index contributed by atoms with van der Waals surface area (Å²) >= 11 is 0. The Labute approximate surface area is 94.6 Å². The van der Waals surface area contributed by atoms with Crippen LogP contribution in [0.3, 0.4) is 0 Å². The molecule has 0 aromatic heterocycles. The largest absolute Gasteiger partial charge is 0.314 e. The topological polar surface area (TPSA) is 46.2 Å². The minimum atomic E-state index is -2.77. The summed E-state index contributed by atoms with van der Waals surface area (Å²) in [6.07, 6.45) is 6.57. The van der Waals surface area contributed by atoms with Gasteiger partial charge in [0.15, 0.2) is 0 Å². The number of sulfone groups is 1. The normalized spacial score (nSPS) is 14.1. The second-order valence-corrected chi connectivity index (χ2v) is 6.43. The first-order chi connectivity index (χ1) is 6.99. The summed E-state index contributed by atoms with van der Waals surface area (Å²) in [6.45, 7) is 5.29. The molecule has 0 fully saturated rings. The maximum atomic E-state index is 10.9. The van der Waals surface area contributed by atoms with Crippen LogP contribution in [-0.2, 0) is 9.84 Å². The van der Waals surface area contributed by atoms with E-state index in [-0.39, 0.29) is 0 Å². The van der Waals surface area contributed by atoms with E-state index < -0.39 is 9.84 Å². The molecule has 3 nitrogen and oxygen atoms in total. The second kappa shape index (κ2) is 8.11. The molecule has 0 aromatic carbocycles. The maximum Gasteiger partial charge on any atom is 0.147 e. The lowest BCUT2D eigenvalue weighted by Gasteiger charge is -2.16. The molecule has 0 aliphatic carbocycles.